The van der Waals surface area contributed by atoms with Crippen LogP contribution in [-0.2, 0) is 7.05 Å². The van der Waals surface area contributed by atoms with E-state index in [-0.39, 0.29) is 0 Å². The molecule has 0 spiro atoms. The van der Waals surface area contributed by atoms with Gasteiger partial charge in [-0.15, -0.1) is 0 Å². The summed E-state index contributed by atoms with van der Waals surface area (Å²) in [5.74, 6) is 0. The van der Waals surface area contributed by atoms with Crippen LogP contribution in [-0.4, -0.2) is 22.8 Å². The molecule has 0 aliphatic rings. The second-order valence-corrected chi connectivity index (χ2v) is 21.6. The van der Waals surface area contributed by atoms with Crippen LogP contribution >= 0.6 is 0 Å². The fraction of sp³-hybridized carbons (Fsp3) is 0.286. The van der Waals surface area contributed by atoms with Crippen molar-refractivity contribution in [2.24, 2.45) is 7.05 Å². The zero-order valence-electron chi connectivity index (χ0n) is 15.6. The van der Waals surface area contributed by atoms with Crippen molar-refractivity contribution in [2.75, 3.05) is 0 Å². The Labute approximate surface area is 148 Å². The predicted octanol–water partition coefficient (Wildman–Crippen LogP) is 4.64. The van der Waals surface area contributed by atoms with Crippen LogP contribution in [0.15, 0.2) is 54.9 Å². The maximum atomic E-state index is 2.48. The number of imidazole rings is 1. The van der Waals surface area contributed by atoms with Crippen molar-refractivity contribution in [1.29, 1.82) is 0 Å². The predicted molar refractivity (Wildman–Crippen MR) is 108 cm³/mol. The van der Waals surface area contributed by atoms with E-state index in [1.165, 1.54) is 27.3 Å². The van der Waals surface area contributed by atoms with Crippen LogP contribution in [0.5, 0.6) is 0 Å². The van der Waals surface area contributed by atoms with Crippen LogP contribution in [0.1, 0.15) is 13.8 Å². The van der Waals surface area contributed by atoms with Crippen LogP contribution in [0.3, 0.4) is 0 Å². The molecule has 2 aromatic carbocycles. The molecule has 2 heterocycles. The third-order valence-corrected chi connectivity index (χ3v) is 10.4. The van der Waals surface area contributed by atoms with Gasteiger partial charge < -0.3 is 0 Å². The van der Waals surface area contributed by atoms with Crippen molar-refractivity contribution in [1.82, 2.24) is 4.40 Å². The summed E-state index contributed by atoms with van der Waals surface area (Å²) in [5, 5.41) is 4.06. The first kappa shape index (κ1) is 17.3. The average molecular weight is 426 g/mol. The van der Waals surface area contributed by atoms with Crippen molar-refractivity contribution >= 4 is 49.3 Å². The van der Waals surface area contributed by atoms with Gasteiger partial charge in [-0.25, -0.2) is 0 Å². The average Bonchev–Trinajstić information content (AvgIpc) is 2.98. The Morgan fingerprint density at radius 3 is 2.21 bits per heavy atom. The number of nitrogens with zero attached hydrogens (tertiary/aromatic N) is 2. The molecular formula is C21H27N2Sn+. The van der Waals surface area contributed by atoms with Crippen molar-refractivity contribution in [2.45, 2.75) is 28.7 Å². The Balaban J connectivity index is 0.000000815. The van der Waals surface area contributed by atoms with Crippen molar-refractivity contribution in [3.05, 3.63) is 54.9 Å². The SMILES string of the molecule is CC.C[n+]1ccn2c3cc[c]([Sn]([CH3])([CH3])[CH3])cc3c3ccccc3c21. The molecule has 0 atom stereocenters. The number of rotatable bonds is 1. The molecule has 124 valence electrons. The van der Waals surface area contributed by atoms with E-state index in [4.69, 9.17) is 0 Å². The van der Waals surface area contributed by atoms with Crippen molar-refractivity contribution in [3.63, 3.8) is 0 Å². The van der Waals surface area contributed by atoms with E-state index >= 15 is 0 Å². The van der Waals surface area contributed by atoms with Gasteiger partial charge in [0.2, 0.25) is 0 Å². The second-order valence-electron chi connectivity index (χ2n) is 7.13. The molecule has 0 fully saturated rings. The zero-order valence-corrected chi connectivity index (χ0v) is 18.4. The number of fused-ring (bicyclic) bond motifs is 6. The summed E-state index contributed by atoms with van der Waals surface area (Å²) in [6, 6.07) is 15.9. The first-order valence-electron chi connectivity index (χ1n) is 8.78. The molecule has 3 heteroatoms. The van der Waals surface area contributed by atoms with Gasteiger partial charge in [-0.05, 0) is 0 Å². The van der Waals surface area contributed by atoms with E-state index in [0.717, 1.165) is 0 Å². The Kier molecular flexibility index (Phi) is 4.60. The van der Waals surface area contributed by atoms with Gasteiger partial charge in [-0.1, -0.05) is 13.8 Å². The number of hydrogen-bond donors (Lipinski definition) is 0. The van der Waals surface area contributed by atoms with Gasteiger partial charge in [-0.3, -0.25) is 0 Å². The Morgan fingerprint density at radius 2 is 1.54 bits per heavy atom. The van der Waals surface area contributed by atoms with Crippen LogP contribution in [0.25, 0.3) is 27.3 Å². The molecule has 24 heavy (non-hydrogen) atoms. The summed E-state index contributed by atoms with van der Waals surface area (Å²) in [6.45, 7) is 4.00. The van der Waals surface area contributed by atoms with Gasteiger partial charge >= 0.3 is 135 Å². The van der Waals surface area contributed by atoms with E-state index in [9.17, 15) is 0 Å². The zero-order chi connectivity index (χ0) is 17.5. The standard InChI is InChI=1S/C16H12N2.C2H6.3CH3.Sn/c1-17-10-11-18-15-9-5-4-7-13(15)12-6-2-3-8-14(12)16(17)18;1-2;;;;/h2-3,5-11H,1H3;1-2H3;3*1H3;/q+1;;;;;. The van der Waals surface area contributed by atoms with E-state index in [2.05, 4.69) is 85.7 Å². The Bertz CT molecular complexity index is 1020. The summed E-state index contributed by atoms with van der Waals surface area (Å²) in [5.41, 5.74) is 2.56. The normalized spacial score (nSPS) is 11.8. The first-order chi connectivity index (χ1) is 11.5. The fourth-order valence-corrected chi connectivity index (χ4v) is 6.65. The number of aromatic nitrogens is 2. The summed E-state index contributed by atoms with van der Waals surface area (Å²) >= 11 is -2.07. The van der Waals surface area contributed by atoms with E-state index in [1.807, 2.05) is 13.8 Å². The second kappa shape index (κ2) is 6.40. The number of benzene rings is 2. The molecule has 0 saturated carbocycles. The summed E-state index contributed by atoms with van der Waals surface area (Å²) in [7, 11) is 2.12. The number of aryl methyl sites for hydroxylation is 1. The van der Waals surface area contributed by atoms with Gasteiger partial charge in [0.05, 0.1) is 0 Å². The maximum absolute atomic E-state index is 2.48. The molecule has 0 bridgehead atoms. The topological polar surface area (TPSA) is 8.29 Å². The van der Waals surface area contributed by atoms with E-state index in [0.29, 0.717) is 0 Å². The number of pyridine rings is 1. The van der Waals surface area contributed by atoms with Gasteiger partial charge in [0.15, 0.2) is 0 Å². The monoisotopic (exact) mass is 427 g/mol. The van der Waals surface area contributed by atoms with Crippen molar-refractivity contribution < 1.29 is 4.57 Å². The molecule has 0 amide bonds. The molecular weight excluding hydrogens is 399 g/mol. The van der Waals surface area contributed by atoms with Gasteiger partial charge in [0.25, 0.3) is 0 Å². The quantitative estimate of drug-likeness (QED) is 0.238. The Morgan fingerprint density at radius 1 is 0.875 bits per heavy atom. The molecule has 2 aromatic heterocycles. The van der Waals surface area contributed by atoms with Crippen LogP contribution in [0.2, 0.25) is 14.8 Å². The van der Waals surface area contributed by atoms with Crippen molar-refractivity contribution in [3.8, 4) is 0 Å². The van der Waals surface area contributed by atoms with Crippen LogP contribution in [0, 0.1) is 0 Å². The van der Waals surface area contributed by atoms with Gasteiger partial charge in [-0.2, -0.15) is 0 Å². The van der Waals surface area contributed by atoms with Crippen LogP contribution in [0.4, 0.5) is 0 Å². The van der Waals surface area contributed by atoms with Crippen LogP contribution < -0.4 is 8.15 Å². The first-order valence-corrected chi connectivity index (χ1v) is 18.8. The molecule has 0 aliphatic heterocycles. The Hall–Kier alpha value is -1.55. The summed E-state index contributed by atoms with van der Waals surface area (Å²) < 4.78 is 6.11. The summed E-state index contributed by atoms with van der Waals surface area (Å²) in [6.07, 6.45) is 4.31. The third kappa shape index (κ3) is 2.71. The molecule has 0 unspecified atom stereocenters. The third-order valence-electron chi connectivity index (χ3n) is 4.58. The molecule has 4 aromatic rings. The van der Waals surface area contributed by atoms with Gasteiger partial charge in [0, 0.05) is 0 Å². The molecule has 2 nitrogen and oxygen atoms in total. The molecule has 0 aliphatic carbocycles. The molecule has 0 N–H and O–H groups in total. The minimum atomic E-state index is -2.07. The fourth-order valence-electron chi connectivity index (χ4n) is 3.33. The van der Waals surface area contributed by atoms with Gasteiger partial charge in [0.1, 0.15) is 0 Å². The van der Waals surface area contributed by atoms with E-state index in [1.54, 1.807) is 3.58 Å². The molecule has 0 radical (unpaired) electrons. The minimum absolute atomic E-state index is 1.26. The summed E-state index contributed by atoms with van der Waals surface area (Å²) in [4.78, 5) is 7.44. The van der Waals surface area contributed by atoms with E-state index < -0.39 is 18.4 Å². The number of hydrogen-bond acceptors (Lipinski definition) is 0. The molecule has 4 rings (SSSR count). The molecule has 0 saturated heterocycles.